The largest absolute Gasteiger partial charge is 0.508 e. The Morgan fingerprint density at radius 3 is 3.00 bits per heavy atom. The molecule has 0 fully saturated rings. The summed E-state index contributed by atoms with van der Waals surface area (Å²) in [7, 11) is 0. The fourth-order valence-electron chi connectivity index (χ4n) is 1.33. The summed E-state index contributed by atoms with van der Waals surface area (Å²) < 4.78 is 0. The average molecular weight is 145 g/mol. The molecule has 11 heavy (non-hydrogen) atoms. The van der Waals surface area contributed by atoms with Gasteiger partial charge in [-0.15, -0.1) is 0 Å². The second kappa shape index (κ2) is 2.42. The van der Waals surface area contributed by atoms with Gasteiger partial charge in [-0.05, 0) is 18.1 Å². The Morgan fingerprint density at radius 2 is 2.18 bits per heavy atom. The minimum Gasteiger partial charge on any atom is -0.508 e. The number of rotatable bonds is 0. The minimum absolute atomic E-state index is 0.406. The normalized spacial score (nSPS) is 14.5. The van der Waals surface area contributed by atoms with E-state index >= 15 is 0 Å². The molecule has 0 bridgehead atoms. The molecule has 1 nitrogen and oxygen atoms in total. The lowest BCUT2D eigenvalue weighted by Gasteiger charge is -2.10. The van der Waals surface area contributed by atoms with E-state index in [9.17, 15) is 5.11 Å². The van der Waals surface area contributed by atoms with Crippen molar-refractivity contribution in [3.8, 4) is 5.75 Å². The molecule has 0 heterocycles. The van der Waals surface area contributed by atoms with Gasteiger partial charge >= 0.3 is 0 Å². The highest BCUT2D eigenvalue weighted by atomic mass is 16.3. The van der Waals surface area contributed by atoms with Gasteiger partial charge in [-0.3, -0.25) is 0 Å². The molecule has 0 unspecified atom stereocenters. The first-order valence-electron chi connectivity index (χ1n) is 3.68. The lowest BCUT2D eigenvalue weighted by molar-refractivity contribution is 0.469. The first kappa shape index (κ1) is 6.47. The van der Waals surface area contributed by atoms with E-state index in [1.54, 1.807) is 6.07 Å². The molecular formula is C10H9O. The van der Waals surface area contributed by atoms with Gasteiger partial charge in [0.1, 0.15) is 5.75 Å². The number of fused-ring (bicyclic) bond motifs is 1. The quantitative estimate of drug-likeness (QED) is 0.592. The van der Waals surface area contributed by atoms with Gasteiger partial charge < -0.3 is 5.11 Å². The third-order valence-electron chi connectivity index (χ3n) is 1.92. The van der Waals surface area contributed by atoms with E-state index in [1.807, 2.05) is 30.7 Å². The lowest BCUT2D eigenvalue weighted by atomic mass is 9.96. The number of benzene rings is 1. The number of hydrogen-bond donors (Lipinski definition) is 1. The van der Waals surface area contributed by atoms with Crippen molar-refractivity contribution in [2.75, 3.05) is 0 Å². The van der Waals surface area contributed by atoms with Crippen molar-refractivity contribution in [2.45, 2.75) is 6.42 Å². The van der Waals surface area contributed by atoms with Gasteiger partial charge in [0.2, 0.25) is 0 Å². The summed E-state index contributed by atoms with van der Waals surface area (Å²) in [6, 6.07) is 5.61. The van der Waals surface area contributed by atoms with Crippen LogP contribution < -0.4 is 0 Å². The first-order valence-corrected chi connectivity index (χ1v) is 3.68. The summed E-state index contributed by atoms with van der Waals surface area (Å²) in [5.41, 5.74) is 2.17. The molecule has 0 atom stereocenters. The van der Waals surface area contributed by atoms with Crippen LogP contribution in [0.3, 0.4) is 0 Å². The third-order valence-corrected chi connectivity index (χ3v) is 1.92. The monoisotopic (exact) mass is 145 g/mol. The lowest BCUT2D eigenvalue weighted by Crippen LogP contribution is -1.94. The van der Waals surface area contributed by atoms with Crippen LogP contribution >= 0.6 is 0 Å². The summed E-state index contributed by atoms with van der Waals surface area (Å²) >= 11 is 0. The third kappa shape index (κ3) is 1.03. The van der Waals surface area contributed by atoms with Gasteiger partial charge in [0, 0.05) is 12.0 Å². The van der Waals surface area contributed by atoms with E-state index in [0.29, 0.717) is 5.75 Å². The van der Waals surface area contributed by atoms with E-state index in [-0.39, 0.29) is 0 Å². The average Bonchev–Trinajstić information content (AvgIpc) is 2.06. The standard InChI is InChI=1S/C10H9O/c11-10-7-3-5-8-4-1-2-6-9(8)10/h1-5,7,11H,6H2. The number of phenolic OH excluding ortho intramolecular Hbond substituents is 1. The van der Waals surface area contributed by atoms with E-state index in [0.717, 1.165) is 17.5 Å². The van der Waals surface area contributed by atoms with Crippen molar-refractivity contribution in [1.29, 1.82) is 0 Å². The Hall–Kier alpha value is -1.24. The Kier molecular flexibility index (Phi) is 1.42. The van der Waals surface area contributed by atoms with Crippen molar-refractivity contribution < 1.29 is 5.11 Å². The van der Waals surface area contributed by atoms with Crippen LogP contribution in [0.2, 0.25) is 0 Å². The smallest absolute Gasteiger partial charge is 0.119 e. The van der Waals surface area contributed by atoms with E-state index in [1.165, 1.54) is 0 Å². The van der Waals surface area contributed by atoms with Crippen LogP contribution in [-0.4, -0.2) is 5.11 Å². The molecule has 1 aromatic rings. The molecular weight excluding hydrogens is 136 g/mol. The molecule has 0 aliphatic heterocycles. The maximum atomic E-state index is 9.40. The second-order valence-corrected chi connectivity index (χ2v) is 2.64. The van der Waals surface area contributed by atoms with Crippen molar-refractivity contribution >= 4 is 0 Å². The van der Waals surface area contributed by atoms with Crippen molar-refractivity contribution in [3.05, 3.63) is 47.9 Å². The molecule has 1 aliphatic rings. The Bertz CT molecular complexity index is 300. The number of hydrogen-bond acceptors (Lipinski definition) is 1. The summed E-state index contributed by atoms with van der Waals surface area (Å²) in [5, 5.41) is 9.40. The minimum atomic E-state index is 0.406. The molecule has 1 aromatic carbocycles. The molecule has 0 saturated heterocycles. The van der Waals surface area contributed by atoms with Crippen LogP contribution in [0, 0.1) is 6.42 Å². The van der Waals surface area contributed by atoms with Crippen LogP contribution in [0.5, 0.6) is 5.75 Å². The first-order chi connectivity index (χ1) is 5.38. The fourth-order valence-corrected chi connectivity index (χ4v) is 1.33. The Morgan fingerprint density at radius 1 is 1.27 bits per heavy atom. The van der Waals surface area contributed by atoms with E-state index in [2.05, 4.69) is 0 Å². The van der Waals surface area contributed by atoms with Gasteiger partial charge in [-0.1, -0.05) is 24.3 Å². The Labute approximate surface area is 66.0 Å². The zero-order valence-electron chi connectivity index (χ0n) is 6.12. The summed E-state index contributed by atoms with van der Waals surface area (Å²) in [4.78, 5) is 0. The van der Waals surface area contributed by atoms with Gasteiger partial charge in [0.05, 0.1) is 0 Å². The molecule has 0 saturated carbocycles. The van der Waals surface area contributed by atoms with Crippen LogP contribution in [0.25, 0.3) is 0 Å². The molecule has 2 rings (SSSR count). The number of allylic oxidation sites excluding steroid dienone is 2. The van der Waals surface area contributed by atoms with Crippen molar-refractivity contribution in [3.63, 3.8) is 0 Å². The molecule has 1 N–H and O–H groups in total. The van der Waals surface area contributed by atoms with Crippen LogP contribution in [0.15, 0.2) is 30.4 Å². The predicted octanol–water partition coefficient (Wildman–Crippen LogP) is 2.06. The maximum Gasteiger partial charge on any atom is 0.119 e. The highest BCUT2D eigenvalue weighted by Crippen LogP contribution is 2.25. The molecule has 55 valence electrons. The van der Waals surface area contributed by atoms with Gasteiger partial charge in [-0.25, -0.2) is 0 Å². The van der Waals surface area contributed by atoms with E-state index in [4.69, 9.17) is 0 Å². The maximum absolute atomic E-state index is 9.40. The van der Waals surface area contributed by atoms with Crippen molar-refractivity contribution in [2.24, 2.45) is 0 Å². The van der Waals surface area contributed by atoms with E-state index < -0.39 is 0 Å². The molecule has 0 spiro atoms. The number of aromatic hydroxyl groups is 1. The molecule has 1 heteroatoms. The van der Waals surface area contributed by atoms with Gasteiger partial charge in [0.15, 0.2) is 0 Å². The van der Waals surface area contributed by atoms with Gasteiger partial charge in [-0.2, -0.15) is 0 Å². The van der Waals surface area contributed by atoms with Gasteiger partial charge in [0.25, 0.3) is 0 Å². The fraction of sp³-hybridized carbons (Fsp3) is 0.100. The molecule has 1 aliphatic carbocycles. The molecule has 0 aromatic heterocycles. The van der Waals surface area contributed by atoms with Crippen LogP contribution in [0.1, 0.15) is 11.1 Å². The topological polar surface area (TPSA) is 20.2 Å². The Balaban J connectivity index is 2.54. The van der Waals surface area contributed by atoms with Crippen LogP contribution in [-0.2, 0) is 6.42 Å². The second-order valence-electron chi connectivity index (χ2n) is 2.64. The summed E-state index contributed by atoms with van der Waals surface area (Å²) in [6.45, 7) is 0. The highest BCUT2D eigenvalue weighted by Gasteiger charge is 2.07. The molecule has 0 amide bonds. The highest BCUT2D eigenvalue weighted by molar-refractivity contribution is 5.48. The summed E-state index contributed by atoms with van der Waals surface area (Å²) in [5.74, 6) is 0.406. The zero-order chi connectivity index (χ0) is 7.68. The molecule has 1 radical (unpaired) electrons. The zero-order valence-corrected chi connectivity index (χ0v) is 6.12. The van der Waals surface area contributed by atoms with Crippen LogP contribution in [0.4, 0.5) is 0 Å². The number of phenols is 1. The SMILES string of the molecule is Oc1cccc2c1CC=C[CH]2. The summed E-state index contributed by atoms with van der Waals surface area (Å²) in [6.07, 6.45) is 6.92. The van der Waals surface area contributed by atoms with Crippen molar-refractivity contribution in [1.82, 2.24) is 0 Å². The predicted molar refractivity (Wildman–Crippen MR) is 44.4 cm³/mol.